The molecule has 1 aliphatic heterocycles. The Morgan fingerprint density at radius 1 is 1.25 bits per heavy atom. The fraction of sp³-hybridized carbons (Fsp3) is 0.438. The van der Waals surface area contributed by atoms with Crippen LogP contribution in [0.2, 0.25) is 0 Å². The van der Waals surface area contributed by atoms with E-state index in [4.69, 9.17) is 5.10 Å². The van der Waals surface area contributed by atoms with Gasteiger partial charge >= 0.3 is 0 Å². The van der Waals surface area contributed by atoms with E-state index >= 15 is 0 Å². The molecule has 1 aliphatic carbocycles. The van der Waals surface area contributed by atoms with Crippen molar-refractivity contribution in [3.05, 3.63) is 40.0 Å². The number of nitrogens with one attached hydrogen (secondary N) is 1. The summed E-state index contributed by atoms with van der Waals surface area (Å²) in [5.41, 5.74) is 3.94. The Morgan fingerprint density at radius 2 is 2.10 bits per heavy atom. The molecule has 2 heterocycles. The summed E-state index contributed by atoms with van der Waals surface area (Å²) in [5, 5.41) is 8.47. The quantitative estimate of drug-likeness (QED) is 0.890. The second kappa shape index (κ2) is 4.92. The summed E-state index contributed by atoms with van der Waals surface area (Å²) < 4.78 is 3.19. The maximum absolute atomic E-state index is 4.96. The van der Waals surface area contributed by atoms with E-state index in [1.54, 1.807) is 0 Å². The summed E-state index contributed by atoms with van der Waals surface area (Å²) in [7, 11) is 0. The van der Waals surface area contributed by atoms with Gasteiger partial charge in [-0.15, -0.1) is 0 Å². The average Bonchev–Trinajstić information content (AvgIpc) is 3.15. The van der Waals surface area contributed by atoms with Gasteiger partial charge in [-0.1, -0.05) is 34.8 Å². The van der Waals surface area contributed by atoms with Crippen molar-refractivity contribution in [3.63, 3.8) is 0 Å². The molecular formula is C16H18BrN3. The molecule has 0 saturated heterocycles. The lowest BCUT2D eigenvalue weighted by molar-refractivity contribution is 0.670. The minimum absolute atomic E-state index is 0.678. The fourth-order valence-corrected chi connectivity index (χ4v) is 3.91. The van der Waals surface area contributed by atoms with E-state index in [-0.39, 0.29) is 0 Å². The van der Waals surface area contributed by atoms with Crippen molar-refractivity contribution in [1.82, 2.24) is 9.78 Å². The van der Waals surface area contributed by atoms with Crippen molar-refractivity contribution >= 4 is 21.7 Å². The predicted octanol–water partition coefficient (Wildman–Crippen LogP) is 4.26. The average molecular weight is 332 g/mol. The Bertz CT molecular complexity index is 641. The number of hydrogen-bond acceptors (Lipinski definition) is 2. The molecule has 0 bridgehead atoms. The van der Waals surface area contributed by atoms with E-state index < -0.39 is 0 Å². The minimum atomic E-state index is 0.678. The molecule has 0 spiro atoms. The highest BCUT2D eigenvalue weighted by Gasteiger charge is 2.29. The van der Waals surface area contributed by atoms with Crippen molar-refractivity contribution < 1.29 is 0 Å². The van der Waals surface area contributed by atoms with E-state index in [1.807, 2.05) is 0 Å². The molecule has 0 unspecified atom stereocenters. The van der Waals surface area contributed by atoms with Gasteiger partial charge < -0.3 is 5.32 Å². The zero-order valence-corrected chi connectivity index (χ0v) is 13.0. The van der Waals surface area contributed by atoms with Crippen LogP contribution in [0.5, 0.6) is 0 Å². The van der Waals surface area contributed by atoms with Gasteiger partial charge in [0, 0.05) is 22.5 Å². The zero-order chi connectivity index (χ0) is 13.5. The third kappa shape index (κ3) is 1.97. The van der Waals surface area contributed by atoms with Crippen LogP contribution in [0.1, 0.15) is 42.9 Å². The number of halogens is 1. The first kappa shape index (κ1) is 12.5. The van der Waals surface area contributed by atoms with Crippen LogP contribution in [0.15, 0.2) is 28.7 Å². The Morgan fingerprint density at radius 3 is 2.90 bits per heavy atom. The number of fused-ring (bicyclic) bond motifs is 1. The van der Waals surface area contributed by atoms with Crippen LogP contribution in [0.4, 0.5) is 5.82 Å². The van der Waals surface area contributed by atoms with Crippen LogP contribution in [0.3, 0.4) is 0 Å². The second-order valence-electron chi connectivity index (χ2n) is 5.76. The third-order valence-electron chi connectivity index (χ3n) is 4.48. The molecule has 4 heteroatoms. The lowest BCUT2D eigenvalue weighted by Gasteiger charge is -2.08. The smallest absolute Gasteiger partial charge is 0.133 e. The second-order valence-corrected chi connectivity index (χ2v) is 6.68. The summed E-state index contributed by atoms with van der Waals surface area (Å²) in [6.07, 6.45) is 6.45. The highest BCUT2D eigenvalue weighted by Crippen LogP contribution is 2.40. The van der Waals surface area contributed by atoms with Gasteiger partial charge in [-0.05, 0) is 37.5 Å². The van der Waals surface area contributed by atoms with Crippen LogP contribution in [-0.2, 0) is 6.42 Å². The van der Waals surface area contributed by atoms with E-state index in [9.17, 15) is 0 Å². The number of aromatic nitrogens is 2. The molecule has 20 heavy (non-hydrogen) atoms. The SMILES string of the molecule is Brc1cccc(-n2nc(C3CCCC3)c3c2NCC3)c1. The number of anilines is 1. The maximum atomic E-state index is 4.96. The van der Waals surface area contributed by atoms with Crippen LogP contribution in [0.25, 0.3) is 5.69 Å². The maximum Gasteiger partial charge on any atom is 0.133 e. The summed E-state index contributed by atoms with van der Waals surface area (Å²) in [6, 6.07) is 8.37. The summed E-state index contributed by atoms with van der Waals surface area (Å²) >= 11 is 3.55. The Labute approximate surface area is 127 Å². The number of rotatable bonds is 2. The molecular weight excluding hydrogens is 314 g/mol. The van der Waals surface area contributed by atoms with Crippen LogP contribution < -0.4 is 5.32 Å². The zero-order valence-electron chi connectivity index (χ0n) is 11.4. The topological polar surface area (TPSA) is 29.9 Å². The van der Waals surface area contributed by atoms with Crippen LogP contribution in [0, 0.1) is 0 Å². The van der Waals surface area contributed by atoms with Crippen molar-refractivity contribution in [2.24, 2.45) is 0 Å². The first-order valence-electron chi connectivity index (χ1n) is 7.44. The largest absolute Gasteiger partial charge is 0.369 e. The summed E-state index contributed by atoms with van der Waals surface area (Å²) in [5.74, 6) is 1.89. The minimum Gasteiger partial charge on any atom is -0.369 e. The predicted molar refractivity (Wildman–Crippen MR) is 84.7 cm³/mol. The monoisotopic (exact) mass is 331 g/mol. The summed E-state index contributed by atoms with van der Waals surface area (Å²) in [6.45, 7) is 1.04. The summed E-state index contributed by atoms with van der Waals surface area (Å²) in [4.78, 5) is 0. The molecule has 4 rings (SSSR count). The van der Waals surface area contributed by atoms with Crippen molar-refractivity contribution in [1.29, 1.82) is 0 Å². The van der Waals surface area contributed by atoms with Crippen molar-refractivity contribution in [3.8, 4) is 5.69 Å². The molecule has 1 aromatic heterocycles. The van der Waals surface area contributed by atoms with Gasteiger partial charge in [-0.25, -0.2) is 4.68 Å². The molecule has 3 nitrogen and oxygen atoms in total. The van der Waals surface area contributed by atoms with Crippen molar-refractivity contribution in [2.75, 3.05) is 11.9 Å². The Kier molecular flexibility index (Phi) is 3.06. The van der Waals surface area contributed by atoms with E-state index in [0.29, 0.717) is 5.92 Å². The number of benzene rings is 1. The van der Waals surface area contributed by atoms with E-state index in [1.165, 1.54) is 42.8 Å². The highest BCUT2D eigenvalue weighted by molar-refractivity contribution is 9.10. The van der Waals surface area contributed by atoms with Gasteiger partial charge in [0.25, 0.3) is 0 Å². The van der Waals surface area contributed by atoms with Gasteiger partial charge in [-0.3, -0.25) is 0 Å². The lowest BCUT2D eigenvalue weighted by Crippen LogP contribution is -2.06. The highest BCUT2D eigenvalue weighted by atomic mass is 79.9. The molecule has 1 fully saturated rings. The van der Waals surface area contributed by atoms with E-state index in [0.717, 1.165) is 23.1 Å². The van der Waals surface area contributed by atoms with Gasteiger partial charge in [0.2, 0.25) is 0 Å². The first-order chi connectivity index (χ1) is 9.83. The molecule has 2 aliphatic rings. The van der Waals surface area contributed by atoms with Gasteiger partial charge in [0.1, 0.15) is 5.82 Å². The number of hydrogen-bond donors (Lipinski definition) is 1. The van der Waals surface area contributed by atoms with E-state index in [2.05, 4.69) is 50.2 Å². The fourth-order valence-electron chi connectivity index (χ4n) is 3.52. The molecule has 1 aromatic carbocycles. The molecule has 0 amide bonds. The lowest BCUT2D eigenvalue weighted by atomic mass is 9.99. The van der Waals surface area contributed by atoms with Gasteiger partial charge in [0.15, 0.2) is 0 Å². The van der Waals surface area contributed by atoms with Gasteiger partial charge in [-0.2, -0.15) is 5.10 Å². The van der Waals surface area contributed by atoms with Gasteiger partial charge in [0.05, 0.1) is 11.4 Å². The van der Waals surface area contributed by atoms with Crippen LogP contribution in [-0.4, -0.2) is 16.3 Å². The number of nitrogens with zero attached hydrogens (tertiary/aromatic N) is 2. The molecule has 0 atom stereocenters. The molecule has 2 aromatic rings. The molecule has 0 radical (unpaired) electrons. The standard InChI is InChI=1S/C16H18BrN3/c17-12-6-3-7-13(10-12)20-16-14(8-9-18-16)15(19-20)11-4-1-2-5-11/h3,6-7,10-11,18H,1-2,4-5,8-9H2. The van der Waals surface area contributed by atoms with Crippen LogP contribution >= 0.6 is 15.9 Å². The normalized spacial score (nSPS) is 18.2. The molecule has 104 valence electrons. The molecule has 1 N–H and O–H groups in total. The third-order valence-corrected chi connectivity index (χ3v) is 4.97. The Balaban J connectivity index is 1.82. The molecule has 1 saturated carbocycles. The first-order valence-corrected chi connectivity index (χ1v) is 8.24. The Hall–Kier alpha value is -1.29. The van der Waals surface area contributed by atoms with Crippen molar-refractivity contribution in [2.45, 2.75) is 38.0 Å².